The number of rotatable bonds is 3. The van der Waals surface area contributed by atoms with Gasteiger partial charge in [0, 0.05) is 27.7 Å². The molecule has 0 aliphatic heterocycles. The van der Waals surface area contributed by atoms with Crippen LogP contribution in [0.5, 0.6) is 23.0 Å². The standard InChI is InChI=1S/C19H18O6S/c1-8-16(21)9(2)19(26)15-11(20)7-12(25-18(8)15)10-5-13(23-3)17(22)14(6-10)24-4/h5-7,21-22,26H,1-4H3. The fraction of sp³-hybridized carbons (Fsp3) is 0.211. The van der Waals surface area contributed by atoms with Gasteiger partial charge in [-0.25, -0.2) is 0 Å². The molecule has 0 unspecified atom stereocenters. The number of aryl methyl sites for hydroxylation is 1. The van der Waals surface area contributed by atoms with Gasteiger partial charge in [-0.1, -0.05) is 0 Å². The third kappa shape index (κ3) is 2.64. The van der Waals surface area contributed by atoms with Gasteiger partial charge in [0.2, 0.25) is 5.75 Å². The van der Waals surface area contributed by atoms with Gasteiger partial charge >= 0.3 is 0 Å². The molecule has 1 aromatic heterocycles. The smallest absolute Gasteiger partial charge is 0.200 e. The minimum atomic E-state index is -0.288. The Balaban J connectivity index is 2.37. The average Bonchev–Trinajstić information content (AvgIpc) is 2.64. The normalized spacial score (nSPS) is 11.0. The second kappa shape index (κ2) is 6.49. The number of phenols is 2. The van der Waals surface area contributed by atoms with Crippen molar-refractivity contribution in [3.63, 3.8) is 0 Å². The lowest BCUT2D eigenvalue weighted by molar-refractivity contribution is 0.340. The summed E-state index contributed by atoms with van der Waals surface area (Å²) in [5.74, 6) is 0.492. The van der Waals surface area contributed by atoms with E-state index in [1.54, 1.807) is 13.8 Å². The van der Waals surface area contributed by atoms with Crippen LogP contribution in [0.25, 0.3) is 22.3 Å². The molecule has 0 aliphatic carbocycles. The summed E-state index contributed by atoms with van der Waals surface area (Å²) in [5.41, 5.74) is 1.42. The molecule has 0 spiro atoms. The van der Waals surface area contributed by atoms with Crippen molar-refractivity contribution < 1.29 is 24.1 Å². The second-order valence-corrected chi connectivity index (χ2v) is 6.30. The lowest BCUT2D eigenvalue weighted by Crippen LogP contribution is -2.04. The Labute approximate surface area is 155 Å². The van der Waals surface area contributed by atoms with Crippen molar-refractivity contribution >= 4 is 23.6 Å². The van der Waals surface area contributed by atoms with Crippen LogP contribution in [-0.2, 0) is 0 Å². The van der Waals surface area contributed by atoms with Gasteiger partial charge in [0.15, 0.2) is 16.9 Å². The van der Waals surface area contributed by atoms with E-state index in [1.165, 1.54) is 32.4 Å². The number of methoxy groups -OCH3 is 2. The van der Waals surface area contributed by atoms with E-state index in [9.17, 15) is 15.0 Å². The van der Waals surface area contributed by atoms with Gasteiger partial charge in [0.05, 0.1) is 19.6 Å². The first kappa shape index (κ1) is 18.0. The Morgan fingerprint density at radius 3 is 2.08 bits per heavy atom. The molecule has 6 nitrogen and oxygen atoms in total. The van der Waals surface area contributed by atoms with Crippen LogP contribution in [0.3, 0.4) is 0 Å². The zero-order valence-corrected chi connectivity index (χ0v) is 15.6. The van der Waals surface area contributed by atoms with Gasteiger partial charge in [-0.05, 0) is 26.0 Å². The molecule has 3 aromatic rings. The number of hydrogen-bond donors (Lipinski definition) is 3. The molecule has 26 heavy (non-hydrogen) atoms. The summed E-state index contributed by atoms with van der Waals surface area (Å²) in [6.07, 6.45) is 0. The topological polar surface area (TPSA) is 89.1 Å². The maximum Gasteiger partial charge on any atom is 0.200 e. The summed E-state index contributed by atoms with van der Waals surface area (Å²) in [7, 11) is 2.82. The summed E-state index contributed by atoms with van der Waals surface area (Å²) < 4.78 is 16.2. The molecule has 3 rings (SSSR count). The number of benzene rings is 2. The molecule has 0 saturated heterocycles. The van der Waals surface area contributed by atoms with Crippen molar-refractivity contribution in [3.05, 3.63) is 39.5 Å². The SMILES string of the molecule is COc1cc(-c2cc(=O)c3c(S)c(C)c(O)c(C)c3o2)cc(OC)c1O. The van der Waals surface area contributed by atoms with Gasteiger partial charge in [-0.2, -0.15) is 0 Å². The quantitative estimate of drug-likeness (QED) is 0.605. The number of phenolic OH excluding ortho intramolecular Hbond substituents is 2. The first-order chi connectivity index (χ1) is 12.3. The predicted molar refractivity (Wildman–Crippen MR) is 101 cm³/mol. The second-order valence-electron chi connectivity index (χ2n) is 5.86. The van der Waals surface area contributed by atoms with E-state index in [0.29, 0.717) is 27.0 Å². The molecule has 0 bridgehead atoms. The zero-order chi connectivity index (χ0) is 19.2. The molecule has 7 heteroatoms. The highest BCUT2D eigenvalue weighted by atomic mass is 32.1. The van der Waals surface area contributed by atoms with E-state index in [1.807, 2.05) is 0 Å². The van der Waals surface area contributed by atoms with Crippen molar-refractivity contribution in [1.82, 2.24) is 0 Å². The van der Waals surface area contributed by atoms with Crippen molar-refractivity contribution in [3.8, 4) is 34.3 Å². The third-order valence-electron chi connectivity index (χ3n) is 4.36. The van der Waals surface area contributed by atoms with E-state index in [2.05, 4.69) is 12.6 Å². The number of aromatic hydroxyl groups is 2. The molecule has 0 radical (unpaired) electrons. The summed E-state index contributed by atoms with van der Waals surface area (Å²) in [6.45, 7) is 3.36. The van der Waals surface area contributed by atoms with Crippen LogP contribution in [0, 0.1) is 13.8 Å². The largest absolute Gasteiger partial charge is 0.507 e. The Bertz CT molecular complexity index is 1060. The first-order valence-electron chi connectivity index (χ1n) is 7.74. The van der Waals surface area contributed by atoms with Gasteiger partial charge in [0.25, 0.3) is 0 Å². The summed E-state index contributed by atoms with van der Waals surface area (Å²) >= 11 is 4.36. The number of fused-ring (bicyclic) bond motifs is 1. The number of hydrogen-bond acceptors (Lipinski definition) is 7. The Kier molecular flexibility index (Phi) is 4.50. The van der Waals surface area contributed by atoms with E-state index in [4.69, 9.17) is 13.9 Å². The fourth-order valence-corrected chi connectivity index (χ4v) is 3.17. The van der Waals surface area contributed by atoms with Crippen molar-refractivity contribution in [1.29, 1.82) is 0 Å². The molecule has 1 heterocycles. The van der Waals surface area contributed by atoms with Crippen molar-refractivity contribution in [2.24, 2.45) is 0 Å². The lowest BCUT2D eigenvalue weighted by Gasteiger charge is -2.13. The van der Waals surface area contributed by atoms with Gasteiger partial charge in [0.1, 0.15) is 17.1 Å². The Hall–Kier alpha value is -2.80. The van der Waals surface area contributed by atoms with E-state index >= 15 is 0 Å². The molecule has 0 saturated carbocycles. The molecule has 0 fully saturated rings. The van der Waals surface area contributed by atoms with Crippen LogP contribution >= 0.6 is 12.6 Å². The zero-order valence-electron chi connectivity index (χ0n) is 14.7. The van der Waals surface area contributed by atoms with Crippen LogP contribution in [0.1, 0.15) is 11.1 Å². The van der Waals surface area contributed by atoms with Gasteiger partial charge in [-0.15, -0.1) is 12.6 Å². The van der Waals surface area contributed by atoms with Crippen molar-refractivity contribution in [2.45, 2.75) is 18.7 Å². The van der Waals surface area contributed by atoms with E-state index in [0.717, 1.165) is 0 Å². The molecule has 2 N–H and O–H groups in total. The average molecular weight is 374 g/mol. The highest BCUT2D eigenvalue weighted by Gasteiger charge is 2.19. The number of thiol groups is 1. The van der Waals surface area contributed by atoms with Crippen LogP contribution in [0.2, 0.25) is 0 Å². The molecule has 0 atom stereocenters. The summed E-state index contributed by atoms with van der Waals surface area (Å²) in [6, 6.07) is 4.41. The van der Waals surface area contributed by atoms with Crippen molar-refractivity contribution in [2.75, 3.05) is 14.2 Å². The lowest BCUT2D eigenvalue weighted by atomic mass is 10.0. The molecular weight excluding hydrogens is 356 g/mol. The van der Waals surface area contributed by atoms with Gasteiger partial charge < -0.3 is 24.1 Å². The number of ether oxygens (including phenoxy) is 2. The fourth-order valence-electron chi connectivity index (χ4n) is 2.85. The minimum Gasteiger partial charge on any atom is -0.507 e. The molecule has 2 aromatic carbocycles. The van der Waals surface area contributed by atoms with Crippen LogP contribution in [0.4, 0.5) is 0 Å². The summed E-state index contributed by atoms with van der Waals surface area (Å²) in [4.78, 5) is 13.1. The molecule has 0 aliphatic rings. The predicted octanol–water partition coefficient (Wildman–Crippen LogP) is 3.79. The Morgan fingerprint density at radius 2 is 1.54 bits per heavy atom. The molecular formula is C19H18O6S. The molecule has 136 valence electrons. The minimum absolute atomic E-state index is 0.0312. The first-order valence-corrected chi connectivity index (χ1v) is 8.19. The van der Waals surface area contributed by atoms with Crippen LogP contribution in [-0.4, -0.2) is 24.4 Å². The maximum atomic E-state index is 12.7. The van der Waals surface area contributed by atoms with Crippen LogP contribution < -0.4 is 14.9 Å². The molecule has 0 amide bonds. The van der Waals surface area contributed by atoms with E-state index in [-0.39, 0.29) is 39.8 Å². The Morgan fingerprint density at radius 1 is 0.962 bits per heavy atom. The highest BCUT2D eigenvalue weighted by molar-refractivity contribution is 7.80. The van der Waals surface area contributed by atoms with E-state index < -0.39 is 0 Å². The third-order valence-corrected chi connectivity index (χ3v) is 4.91. The van der Waals surface area contributed by atoms with Gasteiger partial charge in [-0.3, -0.25) is 4.79 Å². The highest BCUT2D eigenvalue weighted by Crippen LogP contribution is 2.41. The summed E-state index contributed by atoms with van der Waals surface area (Å²) in [5, 5.41) is 20.6. The monoisotopic (exact) mass is 374 g/mol. The maximum absolute atomic E-state index is 12.7. The van der Waals surface area contributed by atoms with Crippen LogP contribution in [0.15, 0.2) is 32.3 Å².